The van der Waals surface area contributed by atoms with Crippen molar-refractivity contribution in [2.75, 3.05) is 18.0 Å². The first-order valence-electron chi connectivity index (χ1n) is 8.24. The highest BCUT2D eigenvalue weighted by atomic mass is 35.5. The molecule has 0 N–H and O–H groups in total. The van der Waals surface area contributed by atoms with Crippen LogP contribution < -0.4 is 4.90 Å². The molecule has 2 amide bonds. The number of halogens is 1. The number of nitrogens with zero attached hydrogens (tertiary/aromatic N) is 3. The van der Waals surface area contributed by atoms with E-state index in [9.17, 15) is 9.59 Å². The summed E-state index contributed by atoms with van der Waals surface area (Å²) in [5.41, 5.74) is 1.84. The smallest absolute Gasteiger partial charge is 0.260 e. The van der Waals surface area contributed by atoms with E-state index in [0.29, 0.717) is 35.0 Å². The third-order valence-corrected chi connectivity index (χ3v) is 4.68. The number of rotatable bonds is 3. The maximum absolute atomic E-state index is 12.9. The number of benzene rings is 1. The van der Waals surface area contributed by atoms with Crippen molar-refractivity contribution in [3.05, 3.63) is 46.3 Å². The molecular formula is C18H20ClN3O3. The van der Waals surface area contributed by atoms with Gasteiger partial charge in [0.25, 0.3) is 5.91 Å². The van der Waals surface area contributed by atoms with Gasteiger partial charge in [0.15, 0.2) is 0 Å². The van der Waals surface area contributed by atoms with Gasteiger partial charge in [-0.15, -0.1) is 0 Å². The van der Waals surface area contributed by atoms with Crippen molar-refractivity contribution < 1.29 is 14.1 Å². The molecule has 2 aromatic rings. The minimum Gasteiger partial charge on any atom is -0.361 e. The van der Waals surface area contributed by atoms with Gasteiger partial charge in [-0.1, -0.05) is 29.7 Å². The van der Waals surface area contributed by atoms with E-state index in [1.807, 2.05) is 19.9 Å². The number of amides is 2. The van der Waals surface area contributed by atoms with Gasteiger partial charge in [0.2, 0.25) is 5.91 Å². The molecule has 1 aliphatic heterocycles. The fourth-order valence-electron chi connectivity index (χ4n) is 3.09. The number of carbonyl (C=O) groups is 2. The Balaban J connectivity index is 1.84. The highest BCUT2D eigenvalue weighted by molar-refractivity contribution is 6.30. The Morgan fingerprint density at radius 3 is 2.88 bits per heavy atom. The lowest BCUT2D eigenvalue weighted by Gasteiger charge is -2.39. The minimum absolute atomic E-state index is 0.0142. The molecule has 1 aliphatic rings. The topological polar surface area (TPSA) is 66.7 Å². The lowest BCUT2D eigenvalue weighted by molar-refractivity contribution is -0.121. The summed E-state index contributed by atoms with van der Waals surface area (Å²) in [6.45, 7) is 5.99. The maximum Gasteiger partial charge on any atom is 0.260 e. The molecule has 7 heteroatoms. The molecule has 6 nitrogen and oxygen atoms in total. The number of piperazine rings is 1. The first-order valence-corrected chi connectivity index (χ1v) is 8.62. The predicted molar refractivity (Wildman–Crippen MR) is 94.9 cm³/mol. The lowest BCUT2D eigenvalue weighted by atomic mass is 10.1. The molecule has 0 aliphatic carbocycles. The summed E-state index contributed by atoms with van der Waals surface area (Å²) in [7, 11) is 0. The van der Waals surface area contributed by atoms with Crippen LogP contribution in [0.4, 0.5) is 5.69 Å². The highest BCUT2D eigenvalue weighted by Gasteiger charge is 2.35. The van der Waals surface area contributed by atoms with E-state index in [2.05, 4.69) is 5.16 Å². The van der Waals surface area contributed by atoms with Crippen LogP contribution in [0.25, 0.3) is 0 Å². The van der Waals surface area contributed by atoms with Gasteiger partial charge in [0, 0.05) is 23.3 Å². The normalized spacial score (nSPS) is 17.9. The second-order valence-electron chi connectivity index (χ2n) is 6.18. The minimum atomic E-state index is -0.206. The Bertz CT molecular complexity index is 818. The van der Waals surface area contributed by atoms with E-state index < -0.39 is 0 Å². The molecule has 1 aromatic carbocycles. The first kappa shape index (κ1) is 17.5. The van der Waals surface area contributed by atoms with E-state index in [1.54, 1.807) is 34.9 Å². The van der Waals surface area contributed by atoms with Gasteiger partial charge in [0.1, 0.15) is 17.9 Å². The first-order chi connectivity index (χ1) is 11.9. The number of carbonyl (C=O) groups excluding carboxylic acids is 2. The molecule has 2 heterocycles. The fraction of sp³-hybridized carbons (Fsp3) is 0.389. The summed E-state index contributed by atoms with van der Waals surface area (Å²) < 4.78 is 5.16. The van der Waals surface area contributed by atoms with Crippen molar-refractivity contribution in [2.45, 2.75) is 33.2 Å². The number of hydrogen-bond acceptors (Lipinski definition) is 4. The SMILES string of the molecule is CCc1noc(C)c1C(=O)N1CC(=O)N(c2cccc(Cl)c2)CC1C. The highest BCUT2D eigenvalue weighted by Crippen LogP contribution is 2.25. The molecule has 1 unspecified atom stereocenters. The van der Waals surface area contributed by atoms with Gasteiger partial charge in [-0.3, -0.25) is 9.59 Å². The van der Waals surface area contributed by atoms with E-state index in [-0.39, 0.29) is 24.4 Å². The Morgan fingerprint density at radius 1 is 1.44 bits per heavy atom. The molecule has 0 spiro atoms. The zero-order valence-electron chi connectivity index (χ0n) is 14.5. The molecule has 132 valence electrons. The molecule has 3 rings (SSSR count). The van der Waals surface area contributed by atoms with E-state index >= 15 is 0 Å². The van der Waals surface area contributed by atoms with Gasteiger partial charge >= 0.3 is 0 Å². The van der Waals surface area contributed by atoms with E-state index in [4.69, 9.17) is 16.1 Å². The lowest BCUT2D eigenvalue weighted by Crippen LogP contribution is -2.57. The molecule has 1 fully saturated rings. The zero-order valence-corrected chi connectivity index (χ0v) is 15.2. The van der Waals surface area contributed by atoms with Gasteiger partial charge in [-0.05, 0) is 38.5 Å². The van der Waals surface area contributed by atoms with Gasteiger partial charge in [-0.2, -0.15) is 0 Å². The van der Waals surface area contributed by atoms with Crippen LogP contribution in [0.3, 0.4) is 0 Å². The third-order valence-electron chi connectivity index (χ3n) is 4.45. The van der Waals surface area contributed by atoms with Crippen LogP contribution in [0.2, 0.25) is 5.02 Å². The summed E-state index contributed by atoms with van der Waals surface area (Å²) in [5.74, 6) is 0.141. The van der Waals surface area contributed by atoms with Gasteiger partial charge < -0.3 is 14.3 Å². The van der Waals surface area contributed by atoms with Crippen LogP contribution in [0, 0.1) is 6.92 Å². The monoisotopic (exact) mass is 361 g/mol. The molecular weight excluding hydrogens is 342 g/mol. The standard InChI is InChI=1S/C18H20ClN3O3/c1-4-15-17(12(3)25-20-15)18(24)21-10-16(23)22(9-11(21)2)14-7-5-6-13(19)8-14/h5-8,11H,4,9-10H2,1-3H3. The second kappa shape index (κ2) is 6.88. The Morgan fingerprint density at radius 2 is 2.20 bits per heavy atom. The van der Waals surface area contributed by atoms with Crippen molar-refractivity contribution in [3.8, 4) is 0 Å². The molecule has 25 heavy (non-hydrogen) atoms. The van der Waals surface area contributed by atoms with Crippen LogP contribution >= 0.6 is 11.6 Å². The molecule has 1 aromatic heterocycles. The number of hydrogen-bond donors (Lipinski definition) is 0. The average Bonchev–Trinajstić information content (AvgIpc) is 2.96. The number of aryl methyl sites for hydroxylation is 2. The quantitative estimate of drug-likeness (QED) is 0.842. The summed E-state index contributed by atoms with van der Waals surface area (Å²) in [6.07, 6.45) is 0.600. The van der Waals surface area contributed by atoms with Crippen LogP contribution in [-0.4, -0.2) is 41.0 Å². The largest absolute Gasteiger partial charge is 0.361 e. The summed E-state index contributed by atoms with van der Waals surface area (Å²) in [6, 6.07) is 7.03. The second-order valence-corrected chi connectivity index (χ2v) is 6.62. The predicted octanol–water partition coefficient (Wildman–Crippen LogP) is 3.08. The van der Waals surface area contributed by atoms with Crippen molar-refractivity contribution in [3.63, 3.8) is 0 Å². The van der Waals surface area contributed by atoms with Crippen LogP contribution in [0.5, 0.6) is 0 Å². The van der Waals surface area contributed by atoms with E-state index in [0.717, 1.165) is 5.69 Å². The molecule has 1 atom stereocenters. The number of aromatic nitrogens is 1. The Kier molecular flexibility index (Phi) is 4.81. The molecule has 0 saturated carbocycles. The summed E-state index contributed by atoms with van der Waals surface area (Å²) >= 11 is 6.03. The number of anilines is 1. The zero-order chi connectivity index (χ0) is 18.1. The van der Waals surface area contributed by atoms with Crippen molar-refractivity contribution in [1.29, 1.82) is 0 Å². The maximum atomic E-state index is 12.9. The summed E-state index contributed by atoms with van der Waals surface area (Å²) in [5, 5.41) is 4.51. The van der Waals surface area contributed by atoms with Gasteiger partial charge in [-0.25, -0.2) is 0 Å². The molecule has 0 bridgehead atoms. The van der Waals surface area contributed by atoms with Gasteiger partial charge in [0.05, 0.1) is 5.69 Å². The Hall–Kier alpha value is -2.34. The fourth-order valence-corrected chi connectivity index (χ4v) is 3.28. The van der Waals surface area contributed by atoms with E-state index in [1.165, 1.54) is 0 Å². The molecule has 1 saturated heterocycles. The third kappa shape index (κ3) is 3.26. The van der Waals surface area contributed by atoms with Crippen molar-refractivity contribution >= 4 is 29.1 Å². The van der Waals surface area contributed by atoms with Crippen LogP contribution in [-0.2, 0) is 11.2 Å². The van der Waals surface area contributed by atoms with Crippen molar-refractivity contribution in [2.24, 2.45) is 0 Å². The van der Waals surface area contributed by atoms with Crippen LogP contribution in [0.1, 0.15) is 35.7 Å². The average molecular weight is 362 g/mol. The summed E-state index contributed by atoms with van der Waals surface area (Å²) in [4.78, 5) is 28.8. The molecule has 0 radical (unpaired) electrons. The van der Waals surface area contributed by atoms with Crippen LogP contribution in [0.15, 0.2) is 28.8 Å². The Labute approximate surface area is 151 Å². The van der Waals surface area contributed by atoms with Crippen molar-refractivity contribution in [1.82, 2.24) is 10.1 Å².